The second-order valence-corrected chi connectivity index (χ2v) is 8.34. The summed E-state index contributed by atoms with van der Waals surface area (Å²) in [5.41, 5.74) is 1.30. The number of likely N-dealkylation sites (N-methyl/N-ethyl adjacent to an activating group) is 1. The Labute approximate surface area is 177 Å². The van der Waals surface area contributed by atoms with Crippen LogP contribution in [0.15, 0.2) is 24.5 Å². The molecule has 0 aliphatic carbocycles. The van der Waals surface area contributed by atoms with Crippen molar-refractivity contribution >= 4 is 50.6 Å². The molecule has 6 nitrogen and oxygen atoms in total. The number of anilines is 2. The van der Waals surface area contributed by atoms with E-state index in [9.17, 15) is 9.18 Å². The number of piperazine rings is 1. The van der Waals surface area contributed by atoms with Gasteiger partial charge in [0.2, 0.25) is 0 Å². The molecule has 3 heterocycles. The summed E-state index contributed by atoms with van der Waals surface area (Å²) >= 11 is 7.15. The molecular formula is C20H21ClFN5OS. The summed E-state index contributed by atoms with van der Waals surface area (Å²) in [6.45, 7) is 8.90. The maximum Gasteiger partial charge on any atom is 0.266 e. The van der Waals surface area contributed by atoms with Crippen LogP contribution in [0, 0.1) is 12.7 Å². The van der Waals surface area contributed by atoms with Crippen molar-refractivity contribution in [1.82, 2.24) is 14.9 Å². The molecule has 1 aliphatic rings. The zero-order valence-electron chi connectivity index (χ0n) is 16.2. The number of fused-ring (bicyclic) bond motifs is 1. The Bertz CT molecular complexity index is 1060. The molecule has 4 rings (SSSR count). The van der Waals surface area contributed by atoms with Crippen molar-refractivity contribution in [2.45, 2.75) is 13.8 Å². The third kappa shape index (κ3) is 3.92. The zero-order chi connectivity index (χ0) is 20.5. The number of hydrogen-bond acceptors (Lipinski definition) is 6. The molecule has 1 saturated heterocycles. The number of benzene rings is 1. The molecule has 0 saturated carbocycles. The summed E-state index contributed by atoms with van der Waals surface area (Å²) in [4.78, 5) is 27.8. The first-order chi connectivity index (χ1) is 14.0. The lowest BCUT2D eigenvalue weighted by Gasteiger charge is -2.35. The highest BCUT2D eigenvalue weighted by molar-refractivity contribution is 7.20. The van der Waals surface area contributed by atoms with Gasteiger partial charge in [-0.3, -0.25) is 4.79 Å². The van der Waals surface area contributed by atoms with E-state index in [1.807, 2.05) is 6.92 Å². The molecule has 1 aliphatic heterocycles. The molecular weight excluding hydrogens is 413 g/mol. The van der Waals surface area contributed by atoms with Crippen LogP contribution in [0.2, 0.25) is 5.02 Å². The Morgan fingerprint density at radius 2 is 2.03 bits per heavy atom. The molecule has 0 bridgehead atoms. The number of aromatic nitrogens is 2. The number of rotatable bonds is 4. The topological polar surface area (TPSA) is 61.4 Å². The minimum absolute atomic E-state index is 0.0322. The number of aryl methyl sites for hydroxylation is 1. The average Bonchev–Trinajstić information content (AvgIpc) is 3.08. The highest BCUT2D eigenvalue weighted by Gasteiger charge is 2.24. The lowest BCUT2D eigenvalue weighted by molar-refractivity contribution is 0.103. The summed E-state index contributed by atoms with van der Waals surface area (Å²) < 4.78 is 13.4. The molecule has 0 radical (unpaired) electrons. The van der Waals surface area contributed by atoms with Crippen LogP contribution in [0.5, 0.6) is 0 Å². The Morgan fingerprint density at radius 3 is 2.72 bits per heavy atom. The molecule has 29 heavy (non-hydrogen) atoms. The van der Waals surface area contributed by atoms with E-state index in [0.717, 1.165) is 54.3 Å². The number of carbonyl (C=O) groups is 1. The van der Waals surface area contributed by atoms with Gasteiger partial charge in [0.25, 0.3) is 5.91 Å². The van der Waals surface area contributed by atoms with Gasteiger partial charge in [-0.25, -0.2) is 14.4 Å². The summed E-state index contributed by atoms with van der Waals surface area (Å²) in [6, 6.07) is 4.12. The van der Waals surface area contributed by atoms with Crippen LogP contribution in [0.1, 0.15) is 22.2 Å². The van der Waals surface area contributed by atoms with Crippen molar-refractivity contribution in [2.24, 2.45) is 0 Å². The van der Waals surface area contributed by atoms with Crippen molar-refractivity contribution in [3.8, 4) is 0 Å². The van der Waals surface area contributed by atoms with Gasteiger partial charge in [-0.1, -0.05) is 18.5 Å². The number of thiophene rings is 1. The number of amides is 1. The fourth-order valence-corrected chi connectivity index (χ4v) is 4.77. The van der Waals surface area contributed by atoms with Crippen LogP contribution in [-0.4, -0.2) is 53.5 Å². The van der Waals surface area contributed by atoms with Gasteiger partial charge in [0.15, 0.2) is 0 Å². The third-order valence-corrected chi connectivity index (χ3v) is 6.70. The van der Waals surface area contributed by atoms with E-state index in [1.54, 1.807) is 6.33 Å². The largest absolute Gasteiger partial charge is 0.353 e. The summed E-state index contributed by atoms with van der Waals surface area (Å²) in [6.07, 6.45) is 1.56. The van der Waals surface area contributed by atoms with Gasteiger partial charge < -0.3 is 15.1 Å². The monoisotopic (exact) mass is 433 g/mol. The van der Waals surface area contributed by atoms with E-state index in [2.05, 4.69) is 32.0 Å². The van der Waals surface area contributed by atoms with Crippen LogP contribution in [0.4, 0.5) is 15.9 Å². The van der Waals surface area contributed by atoms with E-state index in [0.29, 0.717) is 10.6 Å². The zero-order valence-corrected chi connectivity index (χ0v) is 17.8. The Balaban J connectivity index is 1.64. The SMILES string of the molecule is CCN1CCN(c2ncnc3sc(C(=O)Nc4ccc(F)c(Cl)c4)c(C)c23)CC1. The second-order valence-electron chi connectivity index (χ2n) is 6.94. The standard InChI is InChI=1S/C20H21ClFN5OS/c1-3-26-6-8-27(9-7-26)18-16-12(2)17(29-20(16)24-11-23-18)19(28)25-13-4-5-15(22)14(21)10-13/h4-5,10-11H,3,6-9H2,1-2H3,(H,25,28). The minimum atomic E-state index is -0.522. The van der Waals surface area contributed by atoms with E-state index in [1.165, 1.54) is 29.5 Å². The molecule has 1 amide bonds. The van der Waals surface area contributed by atoms with E-state index < -0.39 is 5.82 Å². The van der Waals surface area contributed by atoms with Crippen molar-refractivity contribution in [3.05, 3.63) is 45.8 Å². The first kappa shape index (κ1) is 20.0. The van der Waals surface area contributed by atoms with Crippen molar-refractivity contribution in [2.75, 3.05) is 42.9 Å². The Morgan fingerprint density at radius 1 is 1.28 bits per heavy atom. The maximum atomic E-state index is 13.4. The third-order valence-electron chi connectivity index (χ3n) is 5.21. The number of carbonyl (C=O) groups excluding carboxylic acids is 1. The quantitative estimate of drug-likeness (QED) is 0.668. The lowest BCUT2D eigenvalue weighted by atomic mass is 10.1. The van der Waals surface area contributed by atoms with E-state index >= 15 is 0 Å². The summed E-state index contributed by atoms with van der Waals surface area (Å²) in [7, 11) is 0. The van der Waals surface area contributed by atoms with E-state index in [-0.39, 0.29) is 10.9 Å². The fraction of sp³-hybridized carbons (Fsp3) is 0.350. The van der Waals surface area contributed by atoms with Crippen molar-refractivity contribution < 1.29 is 9.18 Å². The fourth-order valence-electron chi connectivity index (χ4n) is 3.55. The van der Waals surface area contributed by atoms with Crippen molar-refractivity contribution in [1.29, 1.82) is 0 Å². The lowest BCUT2D eigenvalue weighted by Crippen LogP contribution is -2.46. The van der Waals surface area contributed by atoms with Gasteiger partial charge in [0.05, 0.1) is 15.3 Å². The van der Waals surface area contributed by atoms with Crippen LogP contribution >= 0.6 is 22.9 Å². The molecule has 152 valence electrons. The van der Waals surface area contributed by atoms with Crippen LogP contribution in [0.3, 0.4) is 0 Å². The molecule has 1 aromatic carbocycles. The van der Waals surface area contributed by atoms with Gasteiger partial charge in [-0.15, -0.1) is 11.3 Å². The highest BCUT2D eigenvalue weighted by atomic mass is 35.5. The second kappa shape index (κ2) is 8.22. The van der Waals surface area contributed by atoms with Crippen molar-refractivity contribution in [3.63, 3.8) is 0 Å². The van der Waals surface area contributed by atoms with E-state index in [4.69, 9.17) is 11.6 Å². The first-order valence-corrected chi connectivity index (χ1v) is 10.6. The van der Waals surface area contributed by atoms with Gasteiger partial charge in [-0.2, -0.15) is 0 Å². The summed E-state index contributed by atoms with van der Waals surface area (Å²) in [5.74, 6) is 0.0871. The molecule has 0 spiro atoms. The van der Waals surface area contributed by atoms with Crippen LogP contribution in [0.25, 0.3) is 10.2 Å². The average molecular weight is 434 g/mol. The van der Waals surface area contributed by atoms with Gasteiger partial charge in [-0.05, 0) is 37.2 Å². The number of nitrogens with zero attached hydrogens (tertiary/aromatic N) is 4. The Hall–Kier alpha value is -2.29. The predicted octanol–water partition coefficient (Wildman–Crippen LogP) is 4.19. The highest BCUT2D eigenvalue weighted by Crippen LogP contribution is 2.35. The molecule has 0 unspecified atom stereocenters. The molecule has 9 heteroatoms. The molecule has 1 N–H and O–H groups in total. The summed E-state index contributed by atoms with van der Waals surface area (Å²) in [5, 5.41) is 3.68. The molecule has 3 aromatic rings. The number of halogens is 2. The Kier molecular flexibility index (Phi) is 5.67. The predicted molar refractivity (Wildman–Crippen MR) is 116 cm³/mol. The van der Waals surface area contributed by atoms with Gasteiger partial charge in [0, 0.05) is 31.9 Å². The minimum Gasteiger partial charge on any atom is -0.353 e. The number of nitrogens with one attached hydrogen (secondary N) is 1. The van der Waals surface area contributed by atoms with Crippen LogP contribution < -0.4 is 10.2 Å². The first-order valence-electron chi connectivity index (χ1n) is 9.45. The molecule has 1 fully saturated rings. The molecule has 0 atom stereocenters. The van der Waals surface area contributed by atoms with Crippen LogP contribution in [-0.2, 0) is 0 Å². The molecule has 2 aromatic heterocycles. The van der Waals surface area contributed by atoms with Gasteiger partial charge in [0.1, 0.15) is 22.8 Å². The number of hydrogen-bond donors (Lipinski definition) is 1. The smallest absolute Gasteiger partial charge is 0.266 e. The maximum absolute atomic E-state index is 13.4. The van der Waals surface area contributed by atoms with Gasteiger partial charge >= 0.3 is 0 Å². The normalized spacial score (nSPS) is 15.1.